The van der Waals surface area contributed by atoms with E-state index in [0.29, 0.717) is 6.04 Å². The summed E-state index contributed by atoms with van der Waals surface area (Å²) in [4.78, 5) is 4.31. The summed E-state index contributed by atoms with van der Waals surface area (Å²) >= 11 is 0. The van der Waals surface area contributed by atoms with Gasteiger partial charge in [0, 0.05) is 30.5 Å². The third-order valence-corrected chi connectivity index (χ3v) is 2.93. The summed E-state index contributed by atoms with van der Waals surface area (Å²) in [6.07, 6.45) is 3.79. The third kappa shape index (κ3) is 3.80. The van der Waals surface area contributed by atoms with Gasteiger partial charge in [-0.2, -0.15) is 0 Å². The minimum Gasteiger partial charge on any atom is -0.497 e. The summed E-state index contributed by atoms with van der Waals surface area (Å²) in [5.41, 5.74) is 3.48. The van der Waals surface area contributed by atoms with Crippen molar-refractivity contribution in [2.24, 2.45) is 0 Å². The molecule has 2 rings (SSSR count). The summed E-state index contributed by atoms with van der Waals surface area (Å²) in [7, 11) is 1.68. The van der Waals surface area contributed by atoms with E-state index in [2.05, 4.69) is 42.3 Å². The molecule has 3 heteroatoms. The van der Waals surface area contributed by atoms with Crippen molar-refractivity contribution in [2.45, 2.75) is 26.4 Å². The first-order chi connectivity index (χ1) is 9.19. The quantitative estimate of drug-likeness (QED) is 0.891. The van der Waals surface area contributed by atoms with Crippen LogP contribution >= 0.6 is 0 Å². The van der Waals surface area contributed by atoms with Crippen molar-refractivity contribution in [1.29, 1.82) is 0 Å². The number of aromatic nitrogens is 1. The number of rotatable bonds is 5. The van der Waals surface area contributed by atoms with Crippen LogP contribution < -0.4 is 10.1 Å². The molecule has 0 atom stereocenters. The normalized spacial score (nSPS) is 10.7. The van der Waals surface area contributed by atoms with E-state index in [4.69, 9.17) is 4.74 Å². The summed E-state index contributed by atoms with van der Waals surface area (Å²) in [5, 5.41) is 3.40. The molecule has 0 aliphatic heterocycles. The average Bonchev–Trinajstić information content (AvgIpc) is 2.45. The van der Waals surface area contributed by atoms with Gasteiger partial charge in [0.1, 0.15) is 5.75 Å². The predicted octanol–water partition coefficient (Wildman–Crippen LogP) is 3.26. The van der Waals surface area contributed by atoms with Crippen LogP contribution in [0, 0.1) is 0 Å². The molecule has 1 aromatic heterocycles. The Kier molecular flexibility index (Phi) is 4.53. The Balaban J connectivity index is 2.17. The molecule has 2 aromatic rings. The van der Waals surface area contributed by atoms with E-state index in [9.17, 15) is 0 Å². The number of pyridine rings is 1. The second-order valence-electron chi connectivity index (χ2n) is 4.85. The number of nitrogens with one attached hydrogen (secondary N) is 1. The van der Waals surface area contributed by atoms with Crippen molar-refractivity contribution in [2.75, 3.05) is 7.11 Å². The summed E-state index contributed by atoms with van der Waals surface area (Å²) in [5.74, 6) is 0.870. The van der Waals surface area contributed by atoms with Gasteiger partial charge in [-0.3, -0.25) is 4.98 Å². The fourth-order valence-corrected chi connectivity index (χ4v) is 1.85. The smallest absolute Gasteiger partial charge is 0.118 e. The molecule has 0 fully saturated rings. The molecule has 0 spiro atoms. The van der Waals surface area contributed by atoms with Crippen molar-refractivity contribution in [1.82, 2.24) is 10.3 Å². The molecule has 0 radical (unpaired) electrons. The Morgan fingerprint density at radius 3 is 2.47 bits per heavy atom. The molecule has 1 aromatic carbocycles. The van der Waals surface area contributed by atoms with E-state index in [1.165, 1.54) is 5.56 Å². The molecule has 1 N–H and O–H groups in total. The molecule has 0 bridgehead atoms. The van der Waals surface area contributed by atoms with Gasteiger partial charge in [-0.05, 0) is 29.3 Å². The first-order valence-corrected chi connectivity index (χ1v) is 6.51. The van der Waals surface area contributed by atoms with Crippen LogP contribution in [0.5, 0.6) is 5.75 Å². The molecule has 0 saturated heterocycles. The Bertz CT molecular complexity index is 521. The van der Waals surface area contributed by atoms with Crippen LogP contribution in [0.4, 0.5) is 0 Å². The predicted molar refractivity (Wildman–Crippen MR) is 78.2 cm³/mol. The second kappa shape index (κ2) is 6.34. The van der Waals surface area contributed by atoms with Crippen molar-refractivity contribution in [3.05, 3.63) is 48.3 Å². The number of benzene rings is 1. The highest BCUT2D eigenvalue weighted by Crippen LogP contribution is 2.22. The lowest BCUT2D eigenvalue weighted by Gasteiger charge is -2.09. The molecule has 0 unspecified atom stereocenters. The second-order valence-corrected chi connectivity index (χ2v) is 4.85. The zero-order valence-electron chi connectivity index (χ0n) is 11.7. The minimum absolute atomic E-state index is 0.477. The van der Waals surface area contributed by atoms with Crippen LogP contribution in [-0.4, -0.2) is 18.1 Å². The number of nitrogens with zero attached hydrogens (tertiary/aromatic N) is 1. The van der Waals surface area contributed by atoms with Crippen LogP contribution in [0.25, 0.3) is 11.1 Å². The summed E-state index contributed by atoms with van der Waals surface area (Å²) in [6, 6.07) is 10.7. The van der Waals surface area contributed by atoms with E-state index in [-0.39, 0.29) is 0 Å². The van der Waals surface area contributed by atoms with Gasteiger partial charge in [-0.15, -0.1) is 0 Å². The van der Waals surface area contributed by atoms with Gasteiger partial charge in [-0.25, -0.2) is 0 Å². The van der Waals surface area contributed by atoms with Gasteiger partial charge in [0.05, 0.1) is 7.11 Å². The number of hydrogen-bond donors (Lipinski definition) is 1. The zero-order chi connectivity index (χ0) is 13.7. The molecular formula is C16H20N2O. The minimum atomic E-state index is 0.477. The highest BCUT2D eigenvalue weighted by atomic mass is 16.5. The van der Waals surface area contributed by atoms with Gasteiger partial charge in [0.2, 0.25) is 0 Å². The fraction of sp³-hybridized carbons (Fsp3) is 0.312. The van der Waals surface area contributed by atoms with Gasteiger partial charge >= 0.3 is 0 Å². The maximum absolute atomic E-state index is 5.17. The van der Waals surface area contributed by atoms with Gasteiger partial charge in [0.25, 0.3) is 0 Å². The monoisotopic (exact) mass is 256 g/mol. The Morgan fingerprint density at radius 2 is 1.84 bits per heavy atom. The van der Waals surface area contributed by atoms with Crippen LogP contribution in [0.3, 0.4) is 0 Å². The van der Waals surface area contributed by atoms with E-state index >= 15 is 0 Å². The van der Waals surface area contributed by atoms with Crippen molar-refractivity contribution < 1.29 is 4.74 Å². The Morgan fingerprint density at radius 1 is 1.11 bits per heavy atom. The number of hydrogen-bond acceptors (Lipinski definition) is 3. The summed E-state index contributed by atoms with van der Waals surface area (Å²) < 4.78 is 5.17. The first-order valence-electron chi connectivity index (χ1n) is 6.51. The molecule has 19 heavy (non-hydrogen) atoms. The zero-order valence-corrected chi connectivity index (χ0v) is 11.7. The number of methoxy groups -OCH3 is 1. The maximum Gasteiger partial charge on any atom is 0.118 e. The van der Waals surface area contributed by atoms with Gasteiger partial charge < -0.3 is 10.1 Å². The average molecular weight is 256 g/mol. The van der Waals surface area contributed by atoms with E-state index in [0.717, 1.165) is 23.4 Å². The van der Waals surface area contributed by atoms with Crippen LogP contribution in [0.1, 0.15) is 19.4 Å². The van der Waals surface area contributed by atoms with Crippen LogP contribution in [0.2, 0.25) is 0 Å². The standard InChI is InChI=1S/C16H20N2O/c1-12(2)18-10-13-8-15(11-17-9-13)14-4-6-16(19-3)7-5-14/h4-9,11-12,18H,10H2,1-3H3. The highest BCUT2D eigenvalue weighted by molar-refractivity contribution is 5.63. The topological polar surface area (TPSA) is 34.1 Å². The molecule has 3 nitrogen and oxygen atoms in total. The maximum atomic E-state index is 5.17. The van der Waals surface area contributed by atoms with E-state index in [1.54, 1.807) is 7.11 Å². The molecule has 1 heterocycles. The first kappa shape index (κ1) is 13.6. The lowest BCUT2D eigenvalue weighted by atomic mass is 10.1. The SMILES string of the molecule is COc1ccc(-c2cncc(CNC(C)C)c2)cc1. The molecule has 0 aliphatic carbocycles. The Labute approximate surface area is 114 Å². The molecule has 0 amide bonds. The van der Waals surface area contributed by atoms with E-state index in [1.807, 2.05) is 24.5 Å². The van der Waals surface area contributed by atoms with Crippen LogP contribution in [-0.2, 0) is 6.54 Å². The van der Waals surface area contributed by atoms with Crippen molar-refractivity contribution >= 4 is 0 Å². The van der Waals surface area contributed by atoms with Crippen molar-refractivity contribution in [3.63, 3.8) is 0 Å². The fourth-order valence-electron chi connectivity index (χ4n) is 1.85. The number of ether oxygens (including phenoxy) is 1. The van der Waals surface area contributed by atoms with Crippen molar-refractivity contribution in [3.8, 4) is 16.9 Å². The lowest BCUT2D eigenvalue weighted by molar-refractivity contribution is 0.415. The Hall–Kier alpha value is -1.87. The van der Waals surface area contributed by atoms with Gasteiger partial charge in [-0.1, -0.05) is 26.0 Å². The van der Waals surface area contributed by atoms with Crippen LogP contribution in [0.15, 0.2) is 42.7 Å². The lowest BCUT2D eigenvalue weighted by Crippen LogP contribution is -2.21. The largest absolute Gasteiger partial charge is 0.497 e. The van der Waals surface area contributed by atoms with Gasteiger partial charge in [0.15, 0.2) is 0 Å². The molecular weight excluding hydrogens is 236 g/mol. The third-order valence-electron chi connectivity index (χ3n) is 2.93. The van der Waals surface area contributed by atoms with E-state index < -0.39 is 0 Å². The highest BCUT2D eigenvalue weighted by Gasteiger charge is 2.01. The molecule has 0 saturated carbocycles. The molecule has 0 aliphatic rings. The molecule has 100 valence electrons. The summed E-state index contributed by atoms with van der Waals surface area (Å²) in [6.45, 7) is 5.12.